The van der Waals surface area contributed by atoms with Crippen molar-refractivity contribution in [2.24, 2.45) is 0 Å². The highest BCUT2D eigenvalue weighted by molar-refractivity contribution is 7.90. The van der Waals surface area contributed by atoms with Gasteiger partial charge in [-0.3, -0.25) is 4.90 Å². The van der Waals surface area contributed by atoms with Crippen molar-refractivity contribution in [2.45, 2.75) is 42.4 Å². The van der Waals surface area contributed by atoms with E-state index in [1.54, 1.807) is 0 Å². The lowest BCUT2D eigenvalue weighted by Crippen LogP contribution is -2.43. The first-order valence-corrected chi connectivity index (χ1v) is 13.2. The zero-order chi connectivity index (χ0) is 20.6. The van der Waals surface area contributed by atoms with Crippen molar-refractivity contribution in [2.75, 3.05) is 52.2 Å². The second-order valence-electron chi connectivity index (χ2n) is 7.16. The van der Waals surface area contributed by atoms with Crippen LogP contribution in [0.5, 0.6) is 0 Å². The Kier molecular flexibility index (Phi) is 8.88. The van der Waals surface area contributed by atoms with Crippen molar-refractivity contribution in [3.8, 4) is 0 Å². The van der Waals surface area contributed by atoms with Crippen LogP contribution in [0.15, 0.2) is 34.1 Å². The molecule has 9 heteroatoms. The first kappa shape index (κ1) is 23.3. The molecule has 0 radical (unpaired) electrons. The highest BCUT2D eigenvalue weighted by atomic mass is 32.2. The Balaban J connectivity index is 2.13. The Bertz CT molecular complexity index is 801. The molecule has 1 aliphatic rings. The van der Waals surface area contributed by atoms with Crippen molar-refractivity contribution in [1.82, 2.24) is 9.21 Å². The second-order valence-corrected chi connectivity index (χ2v) is 11.1. The van der Waals surface area contributed by atoms with Gasteiger partial charge in [0.25, 0.3) is 0 Å². The van der Waals surface area contributed by atoms with E-state index in [1.807, 2.05) is 0 Å². The van der Waals surface area contributed by atoms with E-state index in [0.717, 1.165) is 45.0 Å². The smallest absolute Gasteiger partial charge is 0.243 e. The van der Waals surface area contributed by atoms with Crippen LogP contribution in [0, 0.1) is 0 Å². The van der Waals surface area contributed by atoms with E-state index in [1.165, 1.54) is 28.6 Å². The highest BCUT2D eigenvalue weighted by Crippen LogP contribution is 2.19. The van der Waals surface area contributed by atoms with Gasteiger partial charge in [0.15, 0.2) is 9.84 Å². The third-order valence-corrected chi connectivity index (χ3v) is 7.96. The molecule has 1 heterocycles. The largest absolute Gasteiger partial charge is 0.379 e. The summed E-state index contributed by atoms with van der Waals surface area (Å²) in [6.07, 6.45) is 5.09. The average molecular weight is 433 g/mol. The minimum atomic E-state index is -3.67. The van der Waals surface area contributed by atoms with Gasteiger partial charge in [0.05, 0.1) is 23.0 Å². The van der Waals surface area contributed by atoms with Gasteiger partial charge in [-0.05, 0) is 30.7 Å². The Morgan fingerprint density at radius 1 is 0.929 bits per heavy atom. The van der Waals surface area contributed by atoms with Gasteiger partial charge in [-0.15, -0.1) is 0 Å². The minimum Gasteiger partial charge on any atom is -0.379 e. The highest BCUT2D eigenvalue weighted by Gasteiger charge is 2.25. The van der Waals surface area contributed by atoms with Crippen LogP contribution >= 0.6 is 0 Å². The summed E-state index contributed by atoms with van der Waals surface area (Å²) in [6.45, 7) is 6.66. The van der Waals surface area contributed by atoms with Gasteiger partial charge in [0.2, 0.25) is 10.0 Å². The normalized spacial score (nSPS) is 16.5. The number of benzene rings is 1. The van der Waals surface area contributed by atoms with Gasteiger partial charge in [-0.25, -0.2) is 16.8 Å². The van der Waals surface area contributed by atoms with E-state index in [4.69, 9.17) is 4.74 Å². The summed E-state index contributed by atoms with van der Waals surface area (Å²) < 4.78 is 56.5. The van der Waals surface area contributed by atoms with E-state index in [0.29, 0.717) is 32.8 Å². The molecule has 0 atom stereocenters. The van der Waals surface area contributed by atoms with Crippen LogP contribution in [0.2, 0.25) is 0 Å². The van der Waals surface area contributed by atoms with E-state index >= 15 is 0 Å². The Labute approximate surface area is 169 Å². The lowest BCUT2D eigenvalue weighted by atomic mass is 10.2. The molecule has 0 N–H and O–H groups in total. The van der Waals surface area contributed by atoms with Crippen molar-refractivity contribution < 1.29 is 21.6 Å². The molecule has 0 aliphatic carbocycles. The fourth-order valence-electron chi connectivity index (χ4n) is 3.15. The molecule has 2 rings (SSSR count). The first-order valence-electron chi connectivity index (χ1n) is 9.85. The fourth-order valence-corrected chi connectivity index (χ4v) is 5.25. The Morgan fingerprint density at radius 3 is 2.11 bits per heavy atom. The molecule has 0 amide bonds. The predicted molar refractivity (Wildman–Crippen MR) is 110 cm³/mol. The summed E-state index contributed by atoms with van der Waals surface area (Å²) in [7, 11) is -7.03. The quantitative estimate of drug-likeness (QED) is 0.497. The first-order chi connectivity index (χ1) is 13.2. The lowest BCUT2D eigenvalue weighted by molar-refractivity contribution is 0.0362. The summed E-state index contributed by atoms with van der Waals surface area (Å²) in [5, 5.41) is 0. The van der Waals surface area contributed by atoms with Crippen molar-refractivity contribution >= 4 is 19.9 Å². The van der Waals surface area contributed by atoms with Crippen LogP contribution in [0.1, 0.15) is 32.6 Å². The molecular weight excluding hydrogens is 400 g/mol. The average Bonchev–Trinajstić information content (AvgIpc) is 2.67. The van der Waals surface area contributed by atoms with Crippen LogP contribution in [0.4, 0.5) is 0 Å². The molecule has 0 aromatic heterocycles. The van der Waals surface area contributed by atoms with E-state index in [2.05, 4.69) is 11.8 Å². The molecule has 1 aromatic rings. The third-order valence-electron chi connectivity index (χ3n) is 4.92. The molecule has 28 heavy (non-hydrogen) atoms. The number of rotatable bonds is 11. The van der Waals surface area contributed by atoms with Crippen molar-refractivity contribution in [1.29, 1.82) is 0 Å². The molecule has 0 unspecified atom stereocenters. The Morgan fingerprint density at radius 2 is 1.54 bits per heavy atom. The summed E-state index contributed by atoms with van der Waals surface area (Å²) in [5.41, 5.74) is 0. The van der Waals surface area contributed by atoms with Crippen molar-refractivity contribution in [3.05, 3.63) is 24.3 Å². The van der Waals surface area contributed by atoms with Crippen molar-refractivity contribution in [3.63, 3.8) is 0 Å². The summed E-state index contributed by atoms with van der Waals surface area (Å²) >= 11 is 0. The molecule has 0 spiro atoms. The number of ether oxygens (including phenoxy) is 1. The molecule has 1 aromatic carbocycles. The van der Waals surface area contributed by atoms with Gasteiger partial charge in [-0.1, -0.05) is 26.2 Å². The third kappa shape index (κ3) is 6.81. The van der Waals surface area contributed by atoms with E-state index in [9.17, 15) is 16.8 Å². The molecule has 0 bridgehead atoms. The molecule has 160 valence electrons. The van der Waals surface area contributed by atoms with E-state index in [-0.39, 0.29) is 9.79 Å². The van der Waals surface area contributed by atoms with E-state index < -0.39 is 19.9 Å². The number of sulfonamides is 1. The molecule has 1 aliphatic heterocycles. The van der Waals surface area contributed by atoms with Gasteiger partial charge in [-0.2, -0.15) is 4.31 Å². The summed E-state index contributed by atoms with van der Waals surface area (Å²) in [6, 6.07) is 5.50. The number of unbranched alkanes of at least 4 members (excludes halogenated alkanes) is 3. The number of hydrogen-bond donors (Lipinski definition) is 0. The van der Waals surface area contributed by atoms with Gasteiger partial charge in [0.1, 0.15) is 0 Å². The van der Waals surface area contributed by atoms with Gasteiger partial charge in [0, 0.05) is 39.0 Å². The minimum absolute atomic E-state index is 0.120. The zero-order valence-corrected chi connectivity index (χ0v) is 18.5. The maximum atomic E-state index is 13.2. The molecule has 0 saturated carbocycles. The number of nitrogens with zero attached hydrogens (tertiary/aromatic N) is 2. The maximum Gasteiger partial charge on any atom is 0.243 e. The van der Waals surface area contributed by atoms with Crippen LogP contribution in [-0.4, -0.2) is 78.2 Å². The molecule has 7 nitrogen and oxygen atoms in total. The van der Waals surface area contributed by atoms with Crippen LogP contribution in [0.25, 0.3) is 0 Å². The predicted octanol–water partition coefficient (Wildman–Crippen LogP) is 1.99. The Hall–Kier alpha value is -1.00. The maximum absolute atomic E-state index is 13.2. The zero-order valence-electron chi connectivity index (χ0n) is 16.8. The SMILES string of the molecule is CCCCCCN(CCN1CCOCC1)S(=O)(=O)c1ccc(S(C)(=O)=O)cc1. The van der Waals surface area contributed by atoms with Crippen LogP contribution in [0.3, 0.4) is 0 Å². The number of sulfone groups is 1. The second kappa shape index (κ2) is 10.7. The monoisotopic (exact) mass is 432 g/mol. The molecule has 1 fully saturated rings. The summed E-state index contributed by atoms with van der Waals surface area (Å²) in [5.74, 6) is 0. The number of hydrogen-bond acceptors (Lipinski definition) is 6. The topological polar surface area (TPSA) is 84.0 Å². The molecular formula is C19H32N2O5S2. The van der Waals surface area contributed by atoms with Crippen LogP contribution in [-0.2, 0) is 24.6 Å². The molecule has 1 saturated heterocycles. The lowest BCUT2D eigenvalue weighted by Gasteiger charge is -2.29. The summed E-state index contributed by atoms with van der Waals surface area (Å²) in [4.78, 5) is 2.47. The standard InChI is InChI=1S/C19H32N2O5S2/c1-3-4-5-6-11-21(13-12-20-14-16-26-17-15-20)28(24,25)19-9-7-18(8-10-19)27(2,22)23/h7-10H,3-6,11-17H2,1-2H3. The number of morpholine rings is 1. The fraction of sp³-hybridized carbons (Fsp3) is 0.684. The van der Waals surface area contributed by atoms with Gasteiger partial charge >= 0.3 is 0 Å². The van der Waals surface area contributed by atoms with Gasteiger partial charge < -0.3 is 4.74 Å². The van der Waals surface area contributed by atoms with Crippen LogP contribution < -0.4 is 0 Å².